The Morgan fingerprint density at radius 1 is 0.906 bits per heavy atom. The molecule has 158 valence electrons. The monoisotopic (exact) mass is 443 g/mol. The fourth-order valence-corrected chi connectivity index (χ4v) is 3.13. The summed E-state index contributed by atoms with van der Waals surface area (Å²) in [6, 6.07) is 25.7. The van der Waals surface area contributed by atoms with Crippen molar-refractivity contribution >= 4 is 23.7 Å². The second-order valence-electron chi connectivity index (χ2n) is 6.83. The Morgan fingerprint density at radius 3 is 2.12 bits per heavy atom. The van der Waals surface area contributed by atoms with Gasteiger partial charge in [0, 0.05) is 16.1 Å². The Bertz CT molecular complexity index is 1300. The fraction of sp³-hybridized carbons (Fsp3) is 0.0417. The van der Waals surface area contributed by atoms with E-state index < -0.39 is 11.6 Å². The summed E-state index contributed by atoms with van der Waals surface area (Å²) < 4.78 is 1.03. The largest absolute Gasteiger partial charge is 0.365 e. The summed E-state index contributed by atoms with van der Waals surface area (Å²) in [5.41, 5.74) is 5.06. The third-order valence-electron chi connectivity index (χ3n) is 4.53. The normalized spacial score (nSPS) is 10.9. The van der Waals surface area contributed by atoms with Crippen LogP contribution in [0.25, 0.3) is 22.5 Å². The lowest BCUT2D eigenvalue weighted by Gasteiger charge is -2.11. The molecule has 0 saturated carbocycles. The first-order chi connectivity index (χ1) is 15.6. The second-order valence-corrected chi connectivity index (χ2v) is 7.26. The Kier molecular flexibility index (Phi) is 6.48. The van der Waals surface area contributed by atoms with Crippen LogP contribution in [0.2, 0.25) is 5.02 Å². The Morgan fingerprint density at radius 2 is 1.50 bits per heavy atom. The summed E-state index contributed by atoms with van der Waals surface area (Å²) in [7, 11) is 0. The van der Waals surface area contributed by atoms with Crippen molar-refractivity contribution in [2.24, 2.45) is 5.10 Å². The van der Waals surface area contributed by atoms with Gasteiger partial charge in [0.25, 0.3) is 5.91 Å². The van der Waals surface area contributed by atoms with Crippen LogP contribution >= 0.6 is 11.6 Å². The molecular weight excluding hydrogens is 426 g/mol. The number of carbonyl (C=O) groups is 1. The third-order valence-corrected chi connectivity index (χ3v) is 4.79. The van der Waals surface area contributed by atoms with Gasteiger partial charge in [-0.1, -0.05) is 84.4 Å². The van der Waals surface area contributed by atoms with Crippen LogP contribution in [-0.4, -0.2) is 26.9 Å². The highest BCUT2D eigenvalue weighted by molar-refractivity contribution is 6.30. The molecule has 1 amide bonds. The van der Waals surface area contributed by atoms with Crippen molar-refractivity contribution in [3.05, 3.63) is 106 Å². The lowest BCUT2D eigenvalue weighted by atomic mass is 10.0. The zero-order chi connectivity index (χ0) is 22.3. The molecule has 0 unspecified atom stereocenters. The molecule has 0 saturated heterocycles. The Hall–Kier alpha value is -4.10. The number of aromatic nitrogens is 3. The summed E-state index contributed by atoms with van der Waals surface area (Å²) in [6.45, 7) is -0.321. The van der Waals surface area contributed by atoms with Crippen LogP contribution in [0.3, 0.4) is 0 Å². The first kappa shape index (κ1) is 21.1. The van der Waals surface area contributed by atoms with Crippen molar-refractivity contribution in [3.8, 4) is 22.5 Å². The molecule has 0 bridgehead atoms. The highest BCUT2D eigenvalue weighted by Crippen LogP contribution is 2.27. The van der Waals surface area contributed by atoms with Gasteiger partial charge in [-0.2, -0.15) is 15.2 Å². The molecule has 1 N–H and O–H groups in total. The highest BCUT2D eigenvalue weighted by atomic mass is 35.5. The Labute approximate surface area is 189 Å². The number of hydrazone groups is 1. The van der Waals surface area contributed by atoms with Crippen LogP contribution in [0.5, 0.6) is 0 Å². The van der Waals surface area contributed by atoms with Crippen LogP contribution in [0.1, 0.15) is 5.56 Å². The topological polar surface area (TPSA) is 89.2 Å². The molecule has 4 rings (SSSR count). The molecule has 0 aliphatic carbocycles. The molecule has 3 aromatic carbocycles. The number of hydrogen-bond donors (Lipinski definition) is 1. The Balaban J connectivity index is 1.59. The molecule has 0 spiro atoms. The van der Waals surface area contributed by atoms with Gasteiger partial charge >= 0.3 is 5.69 Å². The molecule has 0 fully saturated rings. The zero-order valence-corrected chi connectivity index (χ0v) is 17.6. The minimum atomic E-state index is -0.625. The quantitative estimate of drug-likeness (QED) is 0.363. The lowest BCUT2D eigenvalue weighted by molar-refractivity contribution is -0.121. The molecule has 0 aliphatic heterocycles. The molecule has 32 heavy (non-hydrogen) atoms. The van der Waals surface area contributed by atoms with Crippen LogP contribution < -0.4 is 11.1 Å². The lowest BCUT2D eigenvalue weighted by Crippen LogP contribution is -2.33. The molecule has 1 aromatic heterocycles. The van der Waals surface area contributed by atoms with Crippen molar-refractivity contribution in [2.45, 2.75) is 6.54 Å². The van der Waals surface area contributed by atoms with E-state index in [1.54, 1.807) is 24.3 Å². The van der Waals surface area contributed by atoms with Gasteiger partial charge in [0.2, 0.25) is 0 Å². The molecule has 7 nitrogen and oxygen atoms in total. The summed E-state index contributed by atoms with van der Waals surface area (Å²) >= 11 is 5.85. The van der Waals surface area contributed by atoms with Crippen molar-refractivity contribution < 1.29 is 4.79 Å². The standard InChI is InChI=1S/C24H18ClN5O2/c25-20-13-11-17(12-14-20)15-26-28-21(31)16-30-24(32)27-22(18-7-3-1-4-8-18)23(29-30)19-9-5-2-6-10-19/h1-15H,16H2,(H,28,31)/b26-15+. The number of halogens is 1. The summed E-state index contributed by atoms with van der Waals surface area (Å²) in [5.74, 6) is -0.502. The van der Waals surface area contributed by atoms with Crippen molar-refractivity contribution in [1.82, 2.24) is 20.2 Å². The molecule has 0 atom stereocenters. The van der Waals surface area contributed by atoms with Crippen molar-refractivity contribution in [1.29, 1.82) is 0 Å². The van der Waals surface area contributed by atoms with Crippen LogP contribution in [-0.2, 0) is 11.3 Å². The van der Waals surface area contributed by atoms with Gasteiger partial charge < -0.3 is 0 Å². The number of nitrogens with one attached hydrogen (secondary N) is 1. The van der Waals surface area contributed by atoms with Gasteiger partial charge in [-0.15, -0.1) is 0 Å². The third kappa shape index (κ3) is 5.14. The van der Waals surface area contributed by atoms with Crippen molar-refractivity contribution in [3.63, 3.8) is 0 Å². The number of carbonyl (C=O) groups excluding carboxylic acids is 1. The van der Waals surface area contributed by atoms with Gasteiger partial charge in [-0.25, -0.2) is 14.9 Å². The minimum Gasteiger partial charge on any atom is -0.271 e. The van der Waals surface area contributed by atoms with E-state index in [0.29, 0.717) is 16.4 Å². The maximum Gasteiger partial charge on any atom is 0.365 e. The predicted octanol–water partition coefficient (Wildman–Crippen LogP) is 3.78. The SMILES string of the molecule is O=C(Cn1nc(-c2ccccc2)c(-c2ccccc2)nc1=O)N/N=C/c1ccc(Cl)cc1. The van der Waals surface area contributed by atoms with Crippen LogP contribution in [0.15, 0.2) is 94.8 Å². The highest BCUT2D eigenvalue weighted by Gasteiger charge is 2.16. The smallest absolute Gasteiger partial charge is 0.271 e. The summed E-state index contributed by atoms with van der Waals surface area (Å²) in [5, 5.41) is 8.97. The number of hydrogen-bond acceptors (Lipinski definition) is 5. The van der Waals surface area contributed by atoms with Gasteiger partial charge in [0.15, 0.2) is 0 Å². The maximum atomic E-state index is 12.6. The molecule has 0 radical (unpaired) electrons. The number of amides is 1. The molecular formula is C24H18ClN5O2. The van der Waals surface area contributed by atoms with E-state index in [0.717, 1.165) is 21.4 Å². The van der Waals surface area contributed by atoms with E-state index in [9.17, 15) is 9.59 Å². The first-order valence-electron chi connectivity index (χ1n) is 9.77. The molecule has 1 heterocycles. The molecule has 0 aliphatic rings. The van der Waals surface area contributed by atoms with Gasteiger partial charge in [0.05, 0.1) is 6.21 Å². The zero-order valence-electron chi connectivity index (χ0n) is 16.9. The second kappa shape index (κ2) is 9.80. The van der Waals surface area contributed by atoms with Gasteiger partial charge in [-0.3, -0.25) is 4.79 Å². The van der Waals surface area contributed by atoms with E-state index in [-0.39, 0.29) is 6.54 Å². The van der Waals surface area contributed by atoms with Crippen LogP contribution in [0, 0.1) is 0 Å². The molecule has 8 heteroatoms. The summed E-state index contributed by atoms with van der Waals surface area (Å²) in [6.07, 6.45) is 1.48. The van der Waals surface area contributed by atoms with Crippen LogP contribution in [0.4, 0.5) is 0 Å². The number of nitrogens with zero attached hydrogens (tertiary/aromatic N) is 4. The van der Waals surface area contributed by atoms with E-state index in [1.807, 2.05) is 60.7 Å². The summed E-state index contributed by atoms with van der Waals surface area (Å²) in [4.78, 5) is 29.2. The average Bonchev–Trinajstić information content (AvgIpc) is 2.82. The maximum absolute atomic E-state index is 12.6. The van der Waals surface area contributed by atoms with E-state index >= 15 is 0 Å². The van der Waals surface area contributed by atoms with Gasteiger partial charge in [-0.05, 0) is 17.7 Å². The van der Waals surface area contributed by atoms with E-state index in [2.05, 4.69) is 20.6 Å². The van der Waals surface area contributed by atoms with E-state index in [1.165, 1.54) is 6.21 Å². The number of rotatable bonds is 6. The van der Waals surface area contributed by atoms with E-state index in [4.69, 9.17) is 11.6 Å². The number of benzene rings is 3. The fourth-order valence-electron chi connectivity index (χ4n) is 3.01. The van der Waals surface area contributed by atoms with Crippen molar-refractivity contribution in [2.75, 3.05) is 0 Å². The average molecular weight is 444 g/mol. The molecule has 4 aromatic rings. The van der Waals surface area contributed by atoms with Gasteiger partial charge in [0.1, 0.15) is 17.9 Å². The minimum absolute atomic E-state index is 0.321. The predicted molar refractivity (Wildman–Crippen MR) is 124 cm³/mol. The first-order valence-corrected chi connectivity index (χ1v) is 10.2.